The number of benzene rings is 1. The molecule has 0 aliphatic rings. The van der Waals surface area contributed by atoms with Crippen LogP contribution in [0.2, 0.25) is 0 Å². The summed E-state index contributed by atoms with van der Waals surface area (Å²) in [6.07, 6.45) is -0.569. The summed E-state index contributed by atoms with van der Waals surface area (Å²) in [6, 6.07) is 4.87. The monoisotopic (exact) mass is 343 g/mol. The molecule has 0 saturated carbocycles. The van der Waals surface area contributed by atoms with E-state index in [1.54, 1.807) is 6.92 Å². The van der Waals surface area contributed by atoms with Crippen LogP contribution < -0.4 is 5.32 Å². The highest BCUT2D eigenvalue weighted by Gasteiger charge is 2.43. The van der Waals surface area contributed by atoms with Crippen molar-refractivity contribution in [3.8, 4) is 0 Å². The highest BCUT2D eigenvalue weighted by atomic mass is 79.9. The molecule has 0 aromatic heterocycles. The van der Waals surface area contributed by atoms with Crippen LogP contribution in [0.25, 0.3) is 0 Å². The fourth-order valence-electron chi connectivity index (χ4n) is 1.15. The van der Waals surface area contributed by atoms with Gasteiger partial charge in [0.05, 0.1) is 11.0 Å². The van der Waals surface area contributed by atoms with E-state index in [-0.39, 0.29) is 6.54 Å². The van der Waals surface area contributed by atoms with Crippen molar-refractivity contribution in [2.24, 2.45) is 0 Å². The van der Waals surface area contributed by atoms with E-state index in [4.69, 9.17) is 5.11 Å². The summed E-state index contributed by atoms with van der Waals surface area (Å²) in [6.45, 7) is 1.86. The smallest absolute Gasteiger partial charge is 0.392 e. The maximum atomic E-state index is 12.8. The number of hydrogen-bond donors (Lipinski definition) is 2. The van der Waals surface area contributed by atoms with Crippen LogP contribution in [0.1, 0.15) is 6.92 Å². The Morgan fingerprint density at radius 1 is 1.39 bits per heavy atom. The van der Waals surface area contributed by atoms with Gasteiger partial charge in [0.15, 0.2) is 0 Å². The molecule has 18 heavy (non-hydrogen) atoms. The van der Waals surface area contributed by atoms with E-state index in [0.717, 1.165) is 12.1 Å². The third-order valence-corrected chi connectivity index (χ3v) is 4.85. The molecule has 0 radical (unpaired) electrons. The van der Waals surface area contributed by atoms with Crippen molar-refractivity contribution >= 4 is 31.5 Å². The molecule has 4 nitrogen and oxygen atoms in total. The van der Waals surface area contributed by atoms with Gasteiger partial charge in [0, 0.05) is 28.2 Å². The first-order valence-corrected chi connectivity index (χ1v) is 7.25. The Hall–Kier alpha value is -0.730. The van der Waals surface area contributed by atoms with Crippen LogP contribution in [0.4, 0.5) is 14.5 Å². The van der Waals surface area contributed by atoms with Crippen molar-refractivity contribution < 1.29 is 22.3 Å². The van der Waals surface area contributed by atoms with Gasteiger partial charge in [0.1, 0.15) is 0 Å². The zero-order chi connectivity index (χ0) is 14.0. The Labute approximate surface area is 112 Å². The molecule has 0 saturated heterocycles. The third-order valence-electron chi connectivity index (χ3n) is 2.07. The number of nitrogens with one attached hydrogen (secondary N) is 1. The minimum absolute atomic E-state index is 0.278. The highest BCUT2D eigenvalue weighted by molar-refractivity contribution is 9.11. The molecule has 102 valence electrons. The Morgan fingerprint density at radius 2 is 1.89 bits per heavy atom. The van der Waals surface area contributed by atoms with Gasteiger partial charge in [-0.3, -0.25) is 0 Å². The number of sulfone groups is 1. The lowest BCUT2D eigenvalue weighted by Gasteiger charge is -2.11. The summed E-state index contributed by atoms with van der Waals surface area (Å²) in [7, 11) is -4.72. The molecule has 0 bridgehead atoms. The minimum Gasteiger partial charge on any atom is -0.392 e. The first-order valence-electron chi connectivity index (χ1n) is 4.98. The second-order valence-electron chi connectivity index (χ2n) is 3.70. The normalized spacial score (nSPS) is 14.3. The van der Waals surface area contributed by atoms with Gasteiger partial charge in [-0.1, -0.05) is 0 Å². The zero-order valence-corrected chi connectivity index (χ0v) is 11.8. The van der Waals surface area contributed by atoms with Gasteiger partial charge >= 0.3 is 4.16 Å². The SMILES string of the molecule is C[C@@H](O)CNc1ccc(S(=O)(=O)C(F)(F)Br)cc1. The molecule has 0 fully saturated rings. The van der Waals surface area contributed by atoms with Gasteiger partial charge in [-0.15, -0.1) is 0 Å². The summed E-state index contributed by atoms with van der Waals surface area (Å²) in [5.41, 5.74) is 0.535. The molecule has 0 spiro atoms. The summed E-state index contributed by atoms with van der Waals surface area (Å²) in [5, 5.41) is 11.9. The molecule has 0 aliphatic heterocycles. The Morgan fingerprint density at radius 3 is 2.28 bits per heavy atom. The van der Waals surface area contributed by atoms with Crippen LogP contribution in [0.15, 0.2) is 29.2 Å². The van der Waals surface area contributed by atoms with Crippen molar-refractivity contribution in [1.29, 1.82) is 0 Å². The standard InChI is InChI=1S/C10H12BrF2NO3S/c1-7(15)6-14-8-2-4-9(5-3-8)18(16,17)10(11,12)13/h2-5,7,14-15H,6H2,1H3/t7-/m1/s1. The van der Waals surface area contributed by atoms with E-state index >= 15 is 0 Å². The van der Waals surface area contributed by atoms with Crippen molar-refractivity contribution in [2.45, 2.75) is 22.1 Å². The van der Waals surface area contributed by atoms with Gasteiger partial charge in [0.25, 0.3) is 9.84 Å². The van der Waals surface area contributed by atoms with Gasteiger partial charge in [0.2, 0.25) is 0 Å². The fourth-order valence-corrected chi connectivity index (χ4v) is 2.47. The lowest BCUT2D eigenvalue weighted by atomic mass is 10.3. The van der Waals surface area contributed by atoms with Crippen molar-refractivity contribution in [3.05, 3.63) is 24.3 Å². The maximum Gasteiger partial charge on any atom is 0.404 e. The number of aliphatic hydroxyl groups excluding tert-OH is 1. The number of hydrogen-bond acceptors (Lipinski definition) is 4. The lowest BCUT2D eigenvalue weighted by Crippen LogP contribution is -2.21. The molecule has 0 heterocycles. The number of rotatable bonds is 5. The first-order chi connectivity index (χ1) is 8.14. The molecule has 1 atom stereocenters. The largest absolute Gasteiger partial charge is 0.404 e. The predicted octanol–water partition coefficient (Wildman–Crippen LogP) is 2.20. The van der Waals surface area contributed by atoms with Crippen LogP contribution in [-0.4, -0.2) is 30.3 Å². The predicted molar refractivity (Wildman–Crippen MR) is 67.7 cm³/mol. The molecule has 2 N–H and O–H groups in total. The molecule has 0 amide bonds. The van der Waals surface area contributed by atoms with Crippen LogP contribution in [-0.2, 0) is 9.84 Å². The average Bonchev–Trinajstić information content (AvgIpc) is 2.25. The second kappa shape index (κ2) is 5.50. The van der Waals surface area contributed by atoms with Gasteiger partial charge in [-0.25, -0.2) is 8.42 Å². The van der Waals surface area contributed by atoms with Crippen LogP contribution in [0.5, 0.6) is 0 Å². The summed E-state index contributed by atoms with van der Waals surface area (Å²) in [5.74, 6) is 0. The van der Waals surface area contributed by atoms with Crippen LogP contribution in [0.3, 0.4) is 0 Å². The summed E-state index contributed by atoms with van der Waals surface area (Å²) in [4.78, 5) is -0.480. The van der Waals surface area contributed by atoms with Crippen molar-refractivity contribution in [1.82, 2.24) is 0 Å². The number of halogens is 3. The molecule has 1 aromatic carbocycles. The minimum atomic E-state index is -4.72. The molecular formula is C10H12BrF2NO3S. The van der Waals surface area contributed by atoms with Crippen LogP contribution in [0, 0.1) is 0 Å². The zero-order valence-electron chi connectivity index (χ0n) is 9.40. The third kappa shape index (κ3) is 3.63. The summed E-state index contributed by atoms with van der Waals surface area (Å²) < 4.78 is 44.4. The number of alkyl halides is 3. The Balaban J connectivity index is 2.90. The van der Waals surface area contributed by atoms with Gasteiger partial charge in [-0.2, -0.15) is 8.78 Å². The Kier molecular flexibility index (Phi) is 4.68. The van der Waals surface area contributed by atoms with E-state index < -0.39 is 25.0 Å². The quantitative estimate of drug-likeness (QED) is 0.804. The van der Waals surface area contributed by atoms with E-state index in [2.05, 4.69) is 5.32 Å². The molecule has 0 unspecified atom stereocenters. The number of aliphatic hydroxyl groups is 1. The summed E-state index contributed by atoms with van der Waals surface area (Å²) >= 11 is 1.84. The molecule has 1 rings (SSSR count). The Bertz CT molecular complexity index is 497. The maximum absolute atomic E-state index is 12.8. The number of anilines is 1. The topological polar surface area (TPSA) is 66.4 Å². The van der Waals surface area contributed by atoms with E-state index in [9.17, 15) is 17.2 Å². The molecule has 0 aliphatic carbocycles. The molecule has 8 heteroatoms. The molecule has 1 aromatic rings. The van der Waals surface area contributed by atoms with Gasteiger partial charge in [-0.05, 0) is 31.2 Å². The average molecular weight is 344 g/mol. The van der Waals surface area contributed by atoms with E-state index in [1.165, 1.54) is 12.1 Å². The highest BCUT2D eigenvalue weighted by Crippen LogP contribution is 2.34. The fraction of sp³-hybridized carbons (Fsp3) is 0.400. The van der Waals surface area contributed by atoms with Crippen molar-refractivity contribution in [3.63, 3.8) is 0 Å². The lowest BCUT2D eigenvalue weighted by molar-refractivity contribution is 0.204. The first kappa shape index (κ1) is 15.3. The van der Waals surface area contributed by atoms with E-state index in [0.29, 0.717) is 5.69 Å². The second-order valence-corrected chi connectivity index (χ2v) is 7.22. The van der Waals surface area contributed by atoms with Crippen molar-refractivity contribution in [2.75, 3.05) is 11.9 Å². The van der Waals surface area contributed by atoms with E-state index in [1.807, 2.05) is 15.9 Å². The van der Waals surface area contributed by atoms with Gasteiger partial charge < -0.3 is 10.4 Å². The van der Waals surface area contributed by atoms with Crippen LogP contribution >= 0.6 is 15.9 Å². The molecular weight excluding hydrogens is 332 g/mol.